The van der Waals surface area contributed by atoms with E-state index in [0.29, 0.717) is 12.2 Å². The quantitative estimate of drug-likeness (QED) is 0.247. The van der Waals surface area contributed by atoms with Gasteiger partial charge in [-0.15, -0.1) is 0 Å². The van der Waals surface area contributed by atoms with E-state index in [2.05, 4.69) is 33.4 Å². The van der Waals surface area contributed by atoms with Crippen LogP contribution in [-0.2, 0) is 20.7 Å². The number of nitrogens with one attached hydrogen (secondary N) is 4. The van der Waals surface area contributed by atoms with Crippen LogP contribution in [0, 0.1) is 0 Å². The molecule has 0 heterocycles. The molecule has 0 unspecified atom stereocenters. The average molecular weight is 541 g/mol. The van der Waals surface area contributed by atoms with E-state index in [4.69, 9.17) is 4.74 Å². The predicted octanol–water partition coefficient (Wildman–Crippen LogP) is 3.16. The van der Waals surface area contributed by atoms with E-state index >= 15 is 0 Å². The van der Waals surface area contributed by atoms with Crippen molar-refractivity contribution in [3.05, 3.63) is 65.7 Å². The van der Waals surface area contributed by atoms with Crippen molar-refractivity contribution < 1.29 is 29.0 Å². The number of aliphatic hydroxyl groups is 1. The zero-order valence-electron chi connectivity index (χ0n) is 23.1. The van der Waals surface area contributed by atoms with Gasteiger partial charge in [-0.25, -0.2) is 4.79 Å². The number of hydrogen-bond donors (Lipinski definition) is 5. The Morgan fingerprint density at radius 2 is 1.54 bits per heavy atom. The van der Waals surface area contributed by atoms with E-state index in [9.17, 15) is 24.3 Å². The Hall–Kier alpha value is -3.92. The number of hydrogen-bond acceptors (Lipinski definition) is 6. The van der Waals surface area contributed by atoms with Gasteiger partial charge in [0.2, 0.25) is 11.8 Å². The molecule has 0 saturated carbocycles. The van der Waals surface area contributed by atoms with Gasteiger partial charge >= 0.3 is 6.09 Å². The summed E-state index contributed by atoms with van der Waals surface area (Å²) in [7, 11) is 0. The molecule has 39 heavy (non-hydrogen) atoms. The lowest BCUT2D eigenvalue weighted by Gasteiger charge is -2.21. The number of amides is 4. The molecule has 0 bridgehead atoms. The second-order valence-electron chi connectivity index (χ2n) is 10.1. The number of rotatable bonds is 13. The third-order valence-electron chi connectivity index (χ3n) is 5.67. The van der Waals surface area contributed by atoms with Crippen molar-refractivity contribution in [2.24, 2.45) is 0 Å². The molecular formula is C29H40N4O6. The minimum Gasteiger partial charge on any atom is -0.444 e. The molecule has 0 radical (unpaired) electrons. The average Bonchev–Trinajstić information content (AvgIpc) is 2.89. The Morgan fingerprint density at radius 1 is 0.872 bits per heavy atom. The number of anilines is 1. The molecule has 212 valence electrons. The van der Waals surface area contributed by atoms with Crippen molar-refractivity contribution in [1.82, 2.24) is 16.0 Å². The summed E-state index contributed by atoms with van der Waals surface area (Å²) in [5.41, 5.74) is 1.31. The molecule has 10 nitrogen and oxygen atoms in total. The van der Waals surface area contributed by atoms with Crippen molar-refractivity contribution in [2.75, 3.05) is 18.5 Å². The van der Waals surface area contributed by atoms with Gasteiger partial charge in [-0.05, 0) is 76.3 Å². The molecule has 2 aromatic rings. The van der Waals surface area contributed by atoms with E-state index in [0.717, 1.165) is 19.3 Å². The number of benzene rings is 2. The van der Waals surface area contributed by atoms with Gasteiger partial charge in [0, 0.05) is 17.8 Å². The van der Waals surface area contributed by atoms with Crippen LogP contribution in [0.1, 0.15) is 62.9 Å². The van der Waals surface area contributed by atoms with Crippen molar-refractivity contribution >= 4 is 29.5 Å². The number of carbonyl (C=O) groups excluding carboxylic acids is 4. The van der Waals surface area contributed by atoms with Crippen LogP contribution in [0.3, 0.4) is 0 Å². The lowest BCUT2D eigenvalue weighted by molar-refractivity contribution is -0.130. The summed E-state index contributed by atoms with van der Waals surface area (Å²) in [6.07, 6.45) is 2.21. The summed E-state index contributed by atoms with van der Waals surface area (Å²) in [5.74, 6) is -1.56. The highest BCUT2D eigenvalue weighted by molar-refractivity contribution is 5.99. The highest BCUT2D eigenvalue weighted by atomic mass is 16.6. The van der Waals surface area contributed by atoms with Crippen molar-refractivity contribution in [1.29, 1.82) is 0 Å². The fourth-order valence-corrected chi connectivity index (χ4v) is 3.62. The Bertz CT molecular complexity index is 1080. The molecule has 2 atom stereocenters. The second-order valence-corrected chi connectivity index (χ2v) is 10.1. The maximum atomic E-state index is 12.8. The molecule has 4 amide bonds. The van der Waals surface area contributed by atoms with Gasteiger partial charge in [0.1, 0.15) is 17.7 Å². The number of unbranched alkanes of at least 4 members (excludes halogenated alkanes) is 1. The number of aliphatic hydroxyl groups excluding tert-OH is 1. The van der Waals surface area contributed by atoms with Crippen LogP contribution in [0.5, 0.6) is 0 Å². The summed E-state index contributed by atoms with van der Waals surface area (Å²) in [6.45, 7) is 6.83. The van der Waals surface area contributed by atoms with Gasteiger partial charge in [-0.2, -0.15) is 0 Å². The maximum Gasteiger partial charge on any atom is 0.412 e. The van der Waals surface area contributed by atoms with Crippen LogP contribution >= 0.6 is 0 Å². The molecule has 0 spiro atoms. The first kappa shape index (κ1) is 31.3. The fraction of sp³-hybridized carbons (Fsp3) is 0.448. The molecule has 0 aliphatic rings. The van der Waals surface area contributed by atoms with E-state index in [1.54, 1.807) is 39.8 Å². The van der Waals surface area contributed by atoms with Gasteiger partial charge in [-0.3, -0.25) is 19.7 Å². The predicted molar refractivity (Wildman–Crippen MR) is 149 cm³/mol. The van der Waals surface area contributed by atoms with Gasteiger partial charge in [0.25, 0.3) is 5.91 Å². The second kappa shape index (κ2) is 15.5. The Labute approximate surface area is 229 Å². The Balaban J connectivity index is 1.81. The maximum absolute atomic E-state index is 12.8. The Morgan fingerprint density at radius 3 is 2.13 bits per heavy atom. The van der Waals surface area contributed by atoms with Crippen LogP contribution in [0.25, 0.3) is 0 Å². The first-order chi connectivity index (χ1) is 18.5. The van der Waals surface area contributed by atoms with E-state index in [1.807, 2.05) is 18.2 Å². The lowest BCUT2D eigenvalue weighted by Crippen LogP contribution is -2.55. The molecule has 0 aromatic heterocycles. The first-order valence-corrected chi connectivity index (χ1v) is 13.2. The van der Waals surface area contributed by atoms with Crippen LogP contribution in [0.2, 0.25) is 0 Å². The summed E-state index contributed by atoms with van der Waals surface area (Å²) in [4.78, 5) is 49.8. The van der Waals surface area contributed by atoms with Gasteiger partial charge in [0.05, 0.1) is 6.61 Å². The SMILES string of the molecule is CC[C@H](NC(=O)c1ccc(NC(=O)OC(C)(C)C)cc1)C(=O)N[C@@H](CO)C(=O)NCCCCc1ccccc1. The first-order valence-electron chi connectivity index (χ1n) is 13.2. The highest BCUT2D eigenvalue weighted by Gasteiger charge is 2.25. The van der Waals surface area contributed by atoms with Crippen LogP contribution in [0.4, 0.5) is 10.5 Å². The molecule has 2 rings (SSSR count). The summed E-state index contributed by atoms with van der Waals surface area (Å²) in [5, 5.41) is 20.1. The zero-order chi connectivity index (χ0) is 28.8. The molecule has 0 aliphatic carbocycles. The summed E-state index contributed by atoms with van der Waals surface area (Å²) < 4.78 is 5.20. The monoisotopic (exact) mass is 540 g/mol. The zero-order valence-corrected chi connectivity index (χ0v) is 23.1. The van der Waals surface area contributed by atoms with E-state index in [-0.39, 0.29) is 12.0 Å². The van der Waals surface area contributed by atoms with Gasteiger partial charge < -0.3 is 25.8 Å². The standard InChI is InChI=1S/C29H40N4O6/c1-5-23(32-25(35)21-14-16-22(17-15-21)31-28(38)39-29(2,3)4)27(37)33-24(19-34)26(36)30-18-10-9-13-20-11-7-6-8-12-20/h6-8,11-12,14-17,23-24,34H,5,9-10,13,18-19H2,1-4H3,(H,30,36)(H,31,38)(H,32,35)(H,33,37)/t23-,24-/m0/s1. The molecular weight excluding hydrogens is 500 g/mol. The largest absolute Gasteiger partial charge is 0.444 e. The van der Waals surface area contributed by atoms with Crippen molar-refractivity contribution in [3.8, 4) is 0 Å². The number of aryl methyl sites for hydroxylation is 1. The van der Waals surface area contributed by atoms with Gasteiger partial charge in [-0.1, -0.05) is 37.3 Å². The minimum atomic E-state index is -1.13. The lowest BCUT2D eigenvalue weighted by atomic mass is 10.1. The molecule has 10 heteroatoms. The fourth-order valence-electron chi connectivity index (χ4n) is 3.62. The van der Waals surface area contributed by atoms with Crippen LogP contribution in [-0.4, -0.2) is 59.8 Å². The highest BCUT2D eigenvalue weighted by Crippen LogP contribution is 2.13. The minimum absolute atomic E-state index is 0.273. The third-order valence-corrected chi connectivity index (χ3v) is 5.67. The topological polar surface area (TPSA) is 146 Å². The number of ether oxygens (including phenoxy) is 1. The number of carbonyl (C=O) groups is 4. The van der Waals surface area contributed by atoms with Crippen LogP contribution < -0.4 is 21.3 Å². The molecule has 0 saturated heterocycles. The summed E-state index contributed by atoms with van der Waals surface area (Å²) in [6, 6.07) is 14.1. The molecule has 2 aromatic carbocycles. The molecule has 5 N–H and O–H groups in total. The Kier molecular flexibility index (Phi) is 12.4. The normalized spacial score (nSPS) is 12.5. The molecule has 0 fully saturated rings. The smallest absolute Gasteiger partial charge is 0.412 e. The van der Waals surface area contributed by atoms with Gasteiger partial charge in [0.15, 0.2) is 0 Å². The van der Waals surface area contributed by atoms with E-state index < -0.39 is 48.1 Å². The molecule has 0 aliphatic heterocycles. The van der Waals surface area contributed by atoms with Crippen molar-refractivity contribution in [3.63, 3.8) is 0 Å². The summed E-state index contributed by atoms with van der Waals surface area (Å²) >= 11 is 0. The third kappa shape index (κ3) is 11.6. The van der Waals surface area contributed by atoms with Crippen LogP contribution in [0.15, 0.2) is 54.6 Å². The van der Waals surface area contributed by atoms with E-state index in [1.165, 1.54) is 17.7 Å². The van der Waals surface area contributed by atoms with Crippen molar-refractivity contribution in [2.45, 2.75) is 71.1 Å².